The highest BCUT2D eigenvalue weighted by Gasteiger charge is 2.29. The summed E-state index contributed by atoms with van der Waals surface area (Å²) in [4.78, 5) is 4.57. The Kier molecular flexibility index (Phi) is 7.75. The van der Waals surface area contributed by atoms with Crippen LogP contribution in [0.25, 0.3) is 22.8 Å². The molecule has 1 atom stereocenters. The minimum atomic E-state index is -3.41. The molecule has 35 heavy (non-hydrogen) atoms. The van der Waals surface area contributed by atoms with Crippen molar-refractivity contribution in [3.63, 3.8) is 0 Å². The molecular weight excluding hydrogens is 581 g/mol. The SMILES string of the molecule is CC(C)Oc1ccc(-c2nc(-c3cccc4c3CC[C@@H]4NS(=O)(=O)CCN(C)I)no2)cc1C#N. The number of nitrogens with one attached hydrogen (secondary N) is 1. The quantitative estimate of drug-likeness (QED) is 0.283. The van der Waals surface area contributed by atoms with Gasteiger partial charge in [-0.2, -0.15) is 10.2 Å². The van der Waals surface area contributed by atoms with Crippen molar-refractivity contribution in [3.05, 3.63) is 53.1 Å². The zero-order valence-electron chi connectivity index (χ0n) is 19.7. The second kappa shape index (κ2) is 10.6. The zero-order chi connectivity index (χ0) is 25.2. The van der Waals surface area contributed by atoms with E-state index in [2.05, 4.69) is 43.8 Å². The molecule has 4 rings (SSSR count). The van der Waals surface area contributed by atoms with Gasteiger partial charge in [0.25, 0.3) is 5.89 Å². The van der Waals surface area contributed by atoms with Crippen molar-refractivity contribution in [1.29, 1.82) is 5.26 Å². The lowest BCUT2D eigenvalue weighted by Gasteiger charge is -2.16. The summed E-state index contributed by atoms with van der Waals surface area (Å²) in [6.45, 7) is 4.24. The van der Waals surface area contributed by atoms with E-state index in [0.29, 0.717) is 48.0 Å². The molecule has 1 aromatic heterocycles. The fraction of sp³-hybridized carbons (Fsp3) is 0.375. The number of hydrogen-bond donors (Lipinski definition) is 1. The molecule has 3 aromatic rings. The lowest BCUT2D eigenvalue weighted by atomic mass is 10.0. The van der Waals surface area contributed by atoms with Crippen LogP contribution in [0.15, 0.2) is 40.9 Å². The van der Waals surface area contributed by atoms with Gasteiger partial charge in [-0.15, -0.1) is 0 Å². The normalized spacial score (nSPS) is 15.4. The molecule has 2 aromatic carbocycles. The molecule has 1 aliphatic carbocycles. The molecule has 0 aliphatic heterocycles. The fourth-order valence-corrected chi connectivity index (χ4v) is 5.94. The minimum absolute atomic E-state index is 0.0395. The second-order valence-electron chi connectivity index (χ2n) is 8.64. The van der Waals surface area contributed by atoms with Gasteiger partial charge in [0, 0.05) is 46.6 Å². The number of fused-ring (bicyclic) bond motifs is 1. The molecular formula is C24H26IN5O4S. The standard InChI is InChI=1S/C24H26IN5O4S/c1-15(2)33-22-10-7-16(13-17(22)14-26)24-27-23(28-34-24)20-6-4-5-19-18(20)8-9-21(19)29-35(31,32)12-11-30(3)25/h4-7,10,13,15,21,29H,8-9,11-12H2,1-3H3/t21-/m0/s1. The highest BCUT2D eigenvalue weighted by Crippen LogP contribution is 2.38. The molecule has 11 heteroatoms. The average molecular weight is 607 g/mol. The summed E-state index contributed by atoms with van der Waals surface area (Å²) < 4.78 is 40.9. The molecule has 9 nitrogen and oxygen atoms in total. The number of ether oxygens (including phenoxy) is 1. The van der Waals surface area contributed by atoms with Gasteiger partial charge in [0.2, 0.25) is 15.8 Å². The van der Waals surface area contributed by atoms with E-state index >= 15 is 0 Å². The molecule has 0 amide bonds. The molecule has 0 spiro atoms. The van der Waals surface area contributed by atoms with Crippen molar-refractivity contribution in [2.45, 2.75) is 38.8 Å². The van der Waals surface area contributed by atoms with Gasteiger partial charge in [-0.1, -0.05) is 23.4 Å². The van der Waals surface area contributed by atoms with Crippen LogP contribution in [0, 0.1) is 11.3 Å². The van der Waals surface area contributed by atoms with Crippen molar-refractivity contribution < 1.29 is 17.7 Å². The van der Waals surface area contributed by atoms with Gasteiger partial charge < -0.3 is 9.26 Å². The zero-order valence-corrected chi connectivity index (χ0v) is 22.6. The van der Waals surface area contributed by atoms with E-state index in [1.807, 2.05) is 42.2 Å². The van der Waals surface area contributed by atoms with Gasteiger partial charge >= 0.3 is 0 Å². The molecule has 0 bridgehead atoms. The van der Waals surface area contributed by atoms with Gasteiger partial charge in [0.1, 0.15) is 11.8 Å². The van der Waals surface area contributed by atoms with Crippen LogP contribution in [0.1, 0.15) is 43.0 Å². The highest BCUT2D eigenvalue weighted by molar-refractivity contribution is 14.1. The van der Waals surface area contributed by atoms with Gasteiger partial charge in [-0.05, 0) is 63.1 Å². The summed E-state index contributed by atoms with van der Waals surface area (Å²) in [7, 11) is -1.58. The number of hydrogen-bond acceptors (Lipinski definition) is 8. The topological polar surface area (TPSA) is 121 Å². The number of nitrogens with zero attached hydrogens (tertiary/aromatic N) is 4. The molecule has 0 unspecified atom stereocenters. The van der Waals surface area contributed by atoms with Crippen molar-refractivity contribution in [2.24, 2.45) is 0 Å². The van der Waals surface area contributed by atoms with E-state index in [1.54, 1.807) is 18.2 Å². The molecule has 0 radical (unpaired) electrons. The van der Waals surface area contributed by atoms with E-state index in [-0.39, 0.29) is 17.9 Å². The van der Waals surface area contributed by atoms with E-state index in [9.17, 15) is 13.7 Å². The third-order valence-electron chi connectivity index (χ3n) is 5.64. The van der Waals surface area contributed by atoms with E-state index < -0.39 is 10.0 Å². The maximum Gasteiger partial charge on any atom is 0.258 e. The Morgan fingerprint density at radius 2 is 2.14 bits per heavy atom. The highest BCUT2D eigenvalue weighted by atomic mass is 127. The largest absolute Gasteiger partial charge is 0.490 e. The molecule has 1 aliphatic rings. The van der Waals surface area contributed by atoms with Crippen molar-refractivity contribution in [1.82, 2.24) is 18.0 Å². The molecule has 0 saturated carbocycles. The predicted molar refractivity (Wildman–Crippen MR) is 140 cm³/mol. The van der Waals surface area contributed by atoms with Crippen LogP contribution in [0.5, 0.6) is 5.75 Å². The van der Waals surface area contributed by atoms with Crippen LogP contribution in [0.2, 0.25) is 0 Å². The van der Waals surface area contributed by atoms with E-state index in [4.69, 9.17) is 9.26 Å². The Hall–Kier alpha value is -2.53. The van der Waals surface area contributed by atoms with Gasteiger partial charge in [-0.3, -0.25) is 0 Å². The third kappa shape index (κ3) is 6.00. The number of halogens is 1. The van der Waals surface area contributed by atoms with Crippen LogP contribution in [0.4, 0.5) is 0 Å². The molecule has 0 saturated heterocycles. The Morgan fingerprint density at radius 3 is 2.86 bits per heavy atom. The first-order valence-corrected chi connectivity index (χ1v) is 13.8. The summed E-state index contributed by atoms with van der Waals surface area (Å²) in [6.07, 6.45) is 1.32. The second-order valence-corrected chi connectivity index (χ2v) is 12.2. The molecule has 0 fully saturated rings. The molecule has 1 N–H and O–H groups in total. The summed E-state index contributed by atoms with van der Waals surface area (Å²) in [6, 6.07) is 12.8. The Labute approximate surface area is 219 Å². The number of nitriles is 1. The Morgan fingerprint density at radius 1 is 1.34 bits per heavy atom. The van der Waals surface area contributed by atoms with Crippen LogP contribution in [-0.2, 0) is 16.4 Å². The monoisotopic (exact) mass is 607 g/mol. The summed E-state index contributed by atoms with van der Waals surface area (Å²) in [5.41, 5.74) is 3.76. The van der Waals surface area contributed by atoms with Gasteiger partial charge in [0.05, 0.1) is 17.4 Å². The summed E-state index contributed by atoms with van der Waals surface area (Å²) in [5.74, 6) is 1.26. The van der Waals surface area contributed by atoms with E-state index in [1.165, 1.54) is 0 Å². The maximum absolute atomic E-state index is 12.5. The molecule has 184 valence electrons. The average Bonchev–Trinajstić information content (AvgIpc) is 3.45. The Balaban J connectivity index is 1.58. The van der Waals surface area contributed by atoms with Crippen molar-refractivity contribution in [2.75, 3.05) is 19.3 Å². The summed E-state index contributed by atoms with van der Waals surface area (Å²) >= 11 is 2.07. The van der Waals surface area contributed by atoms with Gasteiger partial charge in [0.15, 0.2) is 0 Å². The van der Waals surface area contributed by atoms with Crippen LogP contribution in [-0.4, -0.2) is 47.1 Å². The smallest absolute Gasteiger partial charge is 0.258 e. The van der Waals surface area contributed by atoms with Crippen LogP contribution < -0.4 is 9.46 Å². The number of benzene rings is 2. The maximum atomic E-state index is 12.5. The predicted octanol–water partition coefficient (Wildman–Crippen LogP) is 4.25. The molecule has 1 heterocycles. The number of aromatic nitrogens is 2. The Bertz CT molecular complexity index is 1360. The number of rotatable bonds is 9. The lowest BCUT2D eigenvalue weighted by Crippen LogP contribution is -2.32. The van der Waals surface area contributed by atoms with E-state index in [0.717, 1.165) is 16.7 Å². The fourth-order valence-electron chi connectivity index (χ4n) is 4.07. The summed E-state index contributed by atoms with van der Waals surface area (Å²) in [5, 5.41) is 13.7. The first-order valence-electron chi connectivity index (χ1n) is 11.2. The number of sulfonamides is 1. The first kappa shape index (κ1) is 25.6. The lowest BCUT2D eigenvalue weighted by molar-refractivity contribution is 0.241. The van der Waals surface area contributed by atoms with Crippen molar-refractivity contribution >= 4 is 32.9 Å². The first-order chi connectivity index (χ1) is 16.7. The third-order valence-corrected chi connectivity index (χ3v) is 7.48. The minimum Gasteiger partial charge on any atom is -0.490 e. The van der Waals surface area contributed by atoms with Crippen LogP contribution >= 0.6 is 22.9 Å². The van der Waals surface area contributed by atoms with Gasteiger partial charge in [-0.25, -0.2) is 16.3 Å². The van der Waals surface area contributed by atoms with Crippen LogP contribution in [0.3, 0.4) is 0 Å². The van der Waals surface area contributed by atoms with Crippen molar-refractivity contribution in [3.8, 4) is 34.7 Å².